The molecule has 0 saturated heterocycles. The van der Waals surface area contributed by atoms with E-state index in [0.717, 1.165) is 0 Å². The van der Waals surface area contributed by atoms with Crippen molar-refractivity contribution in [3.63, 3.8) is 0 Å². The maximum atomic E-state index is 10.9. The van der Waals surface area contributed by atoms with E-state index in [0.29, 0.717) is 6.54 Å². The zero-order valence-electron chi connectivity index (χ0n) is 9.81. The zero-order valence-corrected chi connectivity index (χ0v) is 9.81. The van der Waals surface area contributed by atoms with E-state index in [9.17, 15) is 4.79 Å². The Labute approximate surface area is 101 Å². The third kappa shape index (κ3) is 2.63. The molecule has 3 nitrogen and oxygen atoms in total. The van der Waals surface area contributed by atoms with Gasteiger partial charge in [-0.1, -0.05) is 42.5 Å². The summed E-state index contributed by atoms with van der Waals surface area (Å²) < 4.78 is 0. The molecule has 0 radical (unpaired) electrons. The summed E-state index contributed by atoms with van der Waals surface area (Å²) in [5, 5.41) is 5.53. The molecule has 0 aliphatic heterocycles. The molecule has 3 N–H and O–H groups in total. The van der Waals surface area contributed by atoms with Gasteiger partial charge in [0.2, 0.25) is 5.91 Å². The first kappa shape index (κ1) is 11.6. The van der Waals surface area contributed by atoms with Crippen LogP contribution in [0.1, 0.15) is 12.5 Å². The van der Waals surface area contributed by atoms with Crippen molar-refractivity contribution in [3.05, 3.63) is 48.0 Å². The minimum Gasteiger partial charge on any atom is -0.368 e. The molecule has 0 bridgehead atoms. The molecule has 0 spiro atoms. The second-order valence-corrected chi connectivity index (χ2v) is 4.14. The molecule has 0 saturated carbocycles. The van der Waals surface area contributed by atoms with Crippen LogP contribution in [0.5, 0.6) is 0 Å². The van der Waals surface area contributed by atoms with Crippen molar-refractivity contribution in [1.29, 1.82) is 0 Å². The molecule has 0 aliphatic rings. The quantitative estimate of drug-likeness (QED) is 0.838. The van der Waals surface area contributed by atoms with Crippen LogP contribution in [0.15, 0.2) is 42.5 Å². The molecule has 0 fully saturated rings. The number of nitrogens with two attached hydrogens (primary N) is 1. The van der Waals surface area contributed by atoms with Crippen LogP contribution in [0.25, 0.3) is 10.8 Å². The summed E-state index contributed by atoms with van der Waals surface area (Å²) in [5.41, 5.74) is 6.39. The van der Waals surface area contributed by atoms with Crippen LogP contribution < -0.4 is 11.1 Å². The third-order valence-electron chi connectivity index (χ3n) is 2.91. The summed E-state index contributed by atoms with van der Waals surface area (Å²) in [6.07, 6.45) is 0. The summed E-state index contributed by atoms with van der Waals surface area (Å²) in [7, 11) is 0. The van der Waals surface area contributed by atoms with E-state index in [1.165, 1.54) is 16.3 Å². The number of amides is 1. The lowest BCUT2D eigenvalue weighted by Gasteiger charge is -2.11. The number of rotatable bonds is 4. The van der Waals surface area contributed by atoms with Crippen molar-refractivity contribution in [3.8, 4) is 0 Å². The van der Waals surface area contributed by atoms with E-state index < -0.39 is 0 Å². The number of carbonyl (C=O) groups is 1. The van der Waals surface area contributed by atoms with Gasteiger partial charge in [-0.2, -0.15) is 0 Å². The fourth-order valence-corrected chi connectivity index (χ4v) is 1.81. The lowest BCUT2D eigenvalue weighted by atomic mass is 10.0. The van der Waals surface area contributed by atoms with E-state index in [1.54, 1.807) is 6.92 Å². The average Bonchev–Trinajstić information content (AvgIpc) is 2.35. The molecule has 17 heavy (non-hydrogen) atoms. The van der Waals surface area contributed by atoms with Crippen molar-refractivity contribution < 1.29 is 4.79 Å². The summed E-state index contributed by atoms with van der Waals surface area (Å²) >= 11 is 0. The van der Waals surface area contributed by atoms with Gasteiger partial charge in [-0.05, 0) is 23.3 Å². The topological polar surface area (TPSA) is 55.1 Å². The summed E-state index contributed by atoms with van der Waals surface area (Å²) in [5.74, 6) is -0.328. The Morgan fingerprint density at radius 1 is 1.24 bits per heavy atom. The van der Waals surface area contributed by atoms with Crippen molar-refractivity contribution in [2.24, 2.45) is 5.73 Å². The first-order valence-corrected chi connectivity index (χ1v) is 5.68. The molecule has 1 atom stereocenters. The molecule has 0 heterocycles. The van der Waals surface area contributed by atoms with E-state index in [2.05, 4.69) is 29.6 Å². The second-order valence-electron chi connectivity index (χ2n) is 4.14. The van der Waals surface area contributed by atoms with Crippen molar-refractivity contribution >= 4 is 16.7 Å². The number of hydrogen-bond acceptors (Lipinski definition) is 2. The van der Waals surface area contributed by atoms with Gasteiger partial charge in [0, 0.05) is 6.54 Å². The predicted octanol–water partition coefficient (Wildman–Crippen LogP) is 1.80. The van der Waals surface area contributed by atoms with Crippen LogP contribution in [-0.4, -0.2) is 11.9 Å². The van der Waals surface area contributed by atoms with Gasteiger partial charge in [-0.25, -0.2) is 0 Å². The molecular weight excluding hydrogens is 212 g/mol. The summed E-state index contributed by atoms with van der Waals surface area (Å²) in [6.45, 7) is 2.42. The zero-order chi connectivity index (χ0) is 12.3. The smallest absolute Gasteiger partial charge is 0.234 e. The van der Waals surface area contributed by atoms with Crippen molar-refractivity contribution in [1.82, 2.24) is 5.32 Å². The molecule has 2 aromatic rings. The highest BCUT2D eigenvalue weighted by Gasteiger charge is 2.08. The molecule has 2 rings (SSSR count). The Morgan fingerprint density at radius 2 is 1.94 bits per heavy atom. The lowest BCUT2D eigenvalue weighted by Crippen LogP contribution is -2.38. The second kappa shape index (κ2) is 4.97. The Kier molecular flexibility index (Phi) is 3.40. The molecule has 1 amide bonds. The molecule has 2 aromatic carbocycles. The third-order valence-corrected chi connectivity index (χ3v) is 2.91. The number of nitrogens with one attached hydrogen (secondary N) is 1. The normalized spacial score (nSPS) is 12.5. The predicted molar refractivity (Wildman–Crippen MR) is 69.4 cm³/mol. The minimum atomic E-state index is -0.328. The standard InChI is InChI=1S/C14H16N2O/c1-10(14(15)17)16-9-12-7-4-6-11-5-2-3-8-13(11)12/h2-8,10,16H,9H2,1H3,(H2,15,17). The summed E-state index contributed by atoms with van der Waals surface area (Å²) in [6, 6.07) is 14.1. The SMILES string of the molecule is CC(NCc1cccc2ccccc12)C(N)=O. The van der Waals surface area contributed by atoms with Crippen LogP contribution in [-0.2, 0) is 11.3 Å². The Bertz CT molecular complexity index is 531. The number of benzene rings is 2. The largest absolute Gasteiger partial charge is 0.368 e. The van der Waals surface area contributed by atoms with Gasteiger partial charge in [-0.15, -0.1) is 0 Å². The van der Waals surface area contributed by atoms with Crippen molar-refractivity contribution in [2.75, 3.05) is 0 Å². The molecular formula is C14H16N2O. The van der Waals surface area contributed by atoms with Gasteiger partial charge in [0.05, 0.1) is 6.04 Å². The van der Waals surface area contributed by atoms with Gasteiger partial charge < -0.3 is 11.1 Å². The van der Waals surface area contributed by atoms with Gasteiger partial charge in [0.25, 0.3) is 0 Å². The fourth-order valence-electron chi connectivity index (χ4n) is 1.81. The lowest BCUT2D eigenvalue weighted by molar-refractivity contribution is -0.119. The summed E-state index contributed by atoms with van der Waals surface area (Å²) in [4.78, 5) is 10.9. The first-order valence-electron chi connectivity index (χ1n) is 5.68. The number of fused-ring (bicyclic) bond motifs is 1. The highest BCUT2D eigenvalue weighted by atomic mass is 16.1. The maximum absolute atomic E-state index is 10.9. The maximum Gasteiger partial charge on any atom is 0.234 e. The van der Waals surface area contributed by atoms with Crippen LogP contribution in [0, 0.1) is 0 Å². The molecule has 88 valence electrons. The van der Waals surface area contributed by atoms with Crippen LogP contribution >= 0.6 is 0 Å². The van der Waals surface area contributed by atoms with E-state index in [1.807, 2.05) is 18.2 Å². The van der Waals surface area contributed by atoms with E-state index in [-0.39, 0.29) is 11.9 Å². The minimum absolute atomic E-state index is 0.311. The first-order chi connectivity index (χ1) is 8.18. The number of carbonyl (C=O) groups excluding carboxylic acids is 1. The fraction of sp³-hybridized carbons (Fsp3) is 0.214. The number of hydrogen-bond donors (Lipinski definition) is 2. The molecule has 1 unspecified atom stereocenters. The highest BCUT2D eigenvalue weighted by molar-refractivity contribution is 5.85. The Morgan fingerprint density at radius 3 is 2.71 bits per heavy atom. The monoisotopic (exact) mass is 228 g/mol. The Hall–Kier alpha value is -1.87. The molecule has 0 aliphatic carbocycles. The number of primary amides is 1. The highest BCUT2D eigenvalue weighted by Crippen LogP contribution is 2.18. The van der Waals surface area contributed by atoms with Crippen LogP contribution in [0.2, 0.25) is 0 Å². The van der Waals surface area contributed by atoms with Gasteiger partial charge in [0.15, 0.2) is 0 Å². The van der Waals surface area contributed by atoms with E-state index in [4.69, 9.17) is 5.73 Å². The Balaban J connectivity index is 2.21. The van der Waals surface area contributed by atoms with Crippen LogP contribution in [0.4, 0.5) is 0 Å². The van der Waals surface area contributed by atoms with Crippen LogP contribution in [0.3, 0.4) is 0 Å². The molecule has 0 aromatic heterocycles. The van der Waals surface area contributed by atoms with Crippen molar-refractivity contribution in [2.45, 2.75) is 19.5 Å². The van der Waals surface area contributed by atoms with Gasteiger partial charge in [-0.3, -0.25) is 4.79 Å². The average molecular weight is 228 g/mol. The van der Waals surface area contributed by atoms with Gasteiger partial charge in [0.1, 0.15) is 0 Å². The molecule has 3 heteroatoms. The van der Waals surface area contributed by atoms with E-state index >= 15 is 0 Å². The van der Waals surface area contributed by atoms with Gasteiger partial charge >= 0.3 is 0 Å².